The smallest absolute Gasteiger partial charge is 0.167 e. The number of aliphatic hydroxyl groups excluding tert-OH is 2. The molecule has 0 aromatic heterocycles. The fraction of sp³-hybridized carbons (Fsp3) is 0.407. The number of benzene rings is 2. The average molecular weight is 439 g/mol. The number of Topliss-reactive ketones (excluding diaryl/α,β-unsaturated/α-hetero) is 1. The van der Waals surface area contributed by atoms with Crippen LogP contribution in [0.2, 0.25) is 0 Å². The average Bonchev–Trinajstić information content (AvgIpc) is 2.77. The number of aryl methyl sites for hydroxylation is 3. The Labute approximate surface area is 189 Å². The quantitative estimate of drug-likeness (QED) is 0.274. The van der Waals surface area contributed by atoms with Crippen molar-refractivity contribution < 1.29 is 15.0 Å². The molecule has 0 spiro atoms. The number of hydrogen-bond acceptors (Lipinski definition) is 3. The van der Waals surface area contributed by atoms with Gasteiger partial charge in [-0.25, -0.2) is 0 Å². The minimum atomic E-state index is -0.0199. The molecule has 0 aliphatic rings. The molecule has 2 aromatic carbocycles. The van der Waals surface area contributed by atoms with Gasteiger partial charge in [0.2, 0.25) is 0 Å². The molecule has 0 heterocycles. The summed E-state index contributed by atoms with van der Waals surface area (Å²) in [5.41, 5.74) is 7.17. The molecule has 0 bridgehead atoms. The fourth-order valence-electron chi connectivity index (χ4n) is 3.75. The summed E-state index contributed by atoms with van der Waals surface area (Å²) >= 11 is 0. The van der Waals surface area contributed by atoms with E-state index >= 15 is 0 Å². The maximum absolute atomic E-state index is 13.3. The van der Waals surface area contributed by atoms with E-state index in [1.165, 1.54) is 11.1 Å². The van der Waals surface area contributed by atoms with Crippen molar-refractivity contribution in [3.8, 4) is 0 Å². The first-order chi connectivity index (χ1) is 14.9. The summed E-state index contributed by atoms with van der Waals surface area (Å²) in [6.07, 6.45) is 6.55. The van der Waals surface area contributed by atoms with Crippen LogP contribution in [-0.4, -0.2) is 27.9 Å². The maximum atomic E-state index is 13.3. The van der Waals surface area contributed by atoms with E-state index in [0.29, 0.717) is 12.0 Å². The number of aliphatic hydroxyl groups is 2. The summed E-state index contributed by atoms with van der Waals surface area (Å²) in [7, 11) is 3.61. The van der Waals surface area contributed by atoms with E-state index in [1.54, 1.807) is 0 Å². The summed E-state index contributed by atoms with van der Waals surface area (Å²) in [4.78, 5) is 13.3. The normalized spacial score (nSPS) is 11.6. The predicted molar refractivity (Wildman–Crippen MR) is 133 cm³/mol. The van der Waals surface area contributed by atoms with Gasteiger partial charge in [-0.1, -0.05) is 50.2 Å². The summed E-state index contributed by atoms with van der Waals surface area (Å²) in [6.45, 7) is 6.32. The van der Waals surface area contributed by atoms with Crippen LogP contribution in [0.25, 0.3) is 6.08 Å². The van der Waals surface area contributed by atoms with Gasteiger partial charge in [-0.15, -0.1) is 8.86 Å². The second-order valence-electron chi connectivity index (χ2n) is 7.97. The second-order valence-corrected chi connectivity index (χ2v) is 8.72. The molecule has 166 valence electrons. The van der Waals surface area contributed by atoms with Crippen LogP contribution in [0.5, 0.6) is 0 Å². The van der Waals surface area contributed by atoms with Gasteiger partial charge in [0.25, 0.3) is 0 Å². The van der Waals surface area contributed by atoms with Crippen molar-refractivity contribution in [2.24, 2.45) is 0 Å². The molecule has 0 amide bonds. The van der Waals surface area contributed by atoms with Gasteiger partial charge in [-0.3, -0.25) is 4.79 Å². The maximum Gasteiger partial charge on any atom is 0.167 e. The predicted octanol–water partition coefficient (Wildman–Crippen LogP) is 5.15. The zero-order chi connectivity index (χ0) is 22.8. The fourth-order valence-corrected chi connectivity index (χ4v) is 3.96. The molecule has 0 fully saturated rings. The van der Waals surface area contributed by atoms with Crippen LogP contribution in [0.1, 0.15) is 67.0 Å². The first kappa shape index (κ1) is 25.2. The molecule has 2 aromatic rings. The van der Waals surface area contributed by atoms with Crippen LogP contribution in [0.4, 0.5) is 0 Å². The van der Waals surface area contributed by atoms with Crippen molar-refractivity contribution in [1.82, 2.24) is 0 Å². The summed E-state index contributed by atoms with van der Waals surface area (Å²) in [6, 6.07) is 12.3. The third kappa shape index (κ3) is 7.25. The highest BCUT2D eigenvalue weighted by atomic mass is 31.0. The summed E-state index contributed by atoms with van der Waals surface area (Å²) in [5, 5.41) is 19.4. The van der Waals surface area contributed by atoms with E-state index < -0.39 is 0 Å². The molecule has 0 aliphatic carbocycles. The number of hydrogen-bond donors (Lipinski definition) is 2. The zero-order valence-electron chi connectivity index (χ0n) is 19.0. The topological polar surface area (TPSA) is 57.5 Å². The Balaban J connectivity index is 2.37. The molecule has 2 rings (SSSR count). The molecular formula is C27H35O3P. The van der Waals surface area contributed by atoms with E-state index in [2.05, 4.69) is 40.9 Å². The molecule has 4 heteroatoms. The Kier molecular flexibility index (Phi) is 10.3. The van der Waals surface area contributed by atoms with Crippen LogP contribution < -0.4 is 0 Å². The lowest BCUT2D eigenvalue weighted by atomic mass is 9.92. The van der Waals surface area contributed by atoms with E-state index in [0.717, 1.165) is 59.7 Å². The number of rotatable bonds is 12. The molecule has 3 nitrogen and oxygen atoms in total. The number of allylic oxidation sites excluding steroid dienone is 1. The van der Waals surface area contributed by atoms with E-state index in [9.17, 15) is 9.90 Å². The largest absolute Gasteiger partial charge is 0.396 e. The number of unbranched alkanes of at least 4 members (excludes halogenated alkanes) is 1. The minimum Gasteiger partial charge on any atom is -0.396 e. The number of ketones is 1. The molecule has 0 radical (unpaired) electrons. The van der Waals surface area contributed by atoms with E-state index in [4.69, 9.17) is 5.11 Å². The van der Waals surface area contributed by atoms with Gasteiger partial charge in [0, 0.05) is 18.6 Å². The molecule has 0 saturated heterocycles. The van der Waals surface area contributed by atoms with Crippen LogP contribution in [0.15, 0.2) is 42.0 Å². The lowest BCUT2D eigenvalue weighted by molar-refractivity contribution is -0.114. The van der Waals surface area contributed by atoms with Crippen molar-refractivity contribution in [2.45, 2.75) is 65.9 Å². The summed E-state index contributed by atoms with van der Waals surface area (Å²) in [5.74, 6) is 0.0663. The zero-order valence-corrected chi connectivity index (χ0v) is 20.0. The lowest BCUT2D eigenvalue weighted by Crippen LogP contribution is -2.13. The highest BCUT2D eigenvalue weighted by Gasteiger charge is 2.15. The van der Waals surface area contributed by atoms with Crippen molar-refractivity contribution in [1.29, 1.82) is 0 Å². The first-order valence-electron chi connectivity index (χ1n) is 11.2. The molecule has 0 atom stereocenters. The minimum absolute atomic E-state index is 0.0199. The van der Waals surface area contributed by atoms with Crippen molar-refractivity contribution in [3.63, 3.8) is 0 Å². The monoisotopic (exact) mass is 438 g/mol. The molecule has 0 saturated carbocycles. The highest BCUT2D eigenvalue weighted by molar-refractivity contribution is 7.22. The number of carbonyl (C=O) groups excluding carboxylic acids is 1. The standard InChI is InChI=1S/C27H35O3P/c1-4-20-9-11-22(5-2)25(14-20)16-26(19(3)31)27(30)17-24-12-10-21(18-29)15-23(24)8-6-7-13-28/h9-12,14-16,28-29,31H,4-8,13,17-18H2,1-3H3/b26-16+. The second kappa shape index (κ2) is 12.7. The van der Waals surface area contributed by atoms with Crippen molar-refractivity contribution in [3.05, 3.63) is 75.4 Å². The first-order valence-corrected chi connectivity index (χ1v) is 11.7. The Morgan fingerprint density at radius 3 is 2.26 bits per heavy atom. The van der Waals surface area contributed by atoms with Crippen molar-refractivity contribution >= 4 is 26.0 Å². The van der Waals surface area contributed by atoms with Gasteiger partial charge in [-0.05, 0) is 83.8 Å². The van der Waals surface area contributed by atoms with Crippen LogP contribution >= 0.6 is 8.86 Å². The number of carbonyl (C=O) groups is 1. The van der Waals surface area contributed by atoms with Crippen LogP contribution in [-0.2, 0) is 37.1 Å². The highest BCUT2D eigenvalue weighted by Crippen LogP contribution is 2.22. The third-order valence-electron chi connectivity index (χ3n) is 5.66. The Morgan fingerprint density at radius 2 is 1.65 bits per heavy atom. The van der Waals surface area contributed by atoms with Crippen LogP contribution in [0.3, 0.4) is 0 Å². The van der Waals surface area contributed by atoms with Gasteiger partial charge < -0.3 is 10.2 Å². The molecule has 2 N–H and O–H groups in total. The molecular weight excluding hydrogens is 403 g/mol. The van der Waals surface area contributed by atoms with Gasteiger partial charge in [0.1, 0.15) is 0 Å². The van der Waals surface area contributed by atoms with E-state index in [1.807, 2.05) is 31.2 Å². The summed E-state index contributed by atoms with van der Waals surface area (Å²) < 4.78 is 0. The Bertz CT molecular complexity index is 943. The van der Waals surface area contributed by atoms with Gasteiger partial charge >= 0.3 is 0 Å². The van der Waals surface area contributed by atoms with Gasteiger partial charge in [0.05, 0.1) is 6.61 Å². The molecule has 0 unspecified atom stereocenters. The lowest BCUT2D eigenvalue weighted by Gasteiger charge is -2.13. The molecule has 0 aliphatic heterocycles. The third-order valence-corrected chi connectivity index (χ3v) is 5.93. The Hall–Kier alpha value is -2.06. The molecule has 31 heavy (non-hydrogen) atoms. The van der Waals surface area contributed by atoms with Crippen molar-refractivity contribution in [2.75, 3.05) is 6.61 Å². The Morgan fingerprint density at radius 1 is 0.935 bits per heavy atom. The van der Waals surface area contributed by atoms with Gasteiger partial charge in [0.15, 0.2) is 5.78 Å². The van der Waals surface area contributed by atoms with Gasteiger partial charge in [-0.2, -0.15) is 0 Å². The van der Waals surface area contributed by atoms with E-state index in [-0.39, 0.29) is 19.0 Å². The SMILES string of the molecule is CCc1ccc(CC)c(/C=C(/C(=O)Cc2ccc(CO)cc2CCCCO)C(C)=P)c1. The van der Waals surface area contributed by atoms with Crippen LogP contribution in [0, 0.1) is 0 Å².